The first-order valence-electron chi connectivity index (χ1n) is 7.08. The summed E-state index contributed by atoms with van der Waals surface area (Å²) >= 11 is 0. The Hall–Kier alpha value is -2.09. The molecule has 0 aliphatic carbocycles. The van der Waals surface area contributed by atoms with Gasteiger partial charge >= 0.3 is 12.2 Å². The maximum Gasteiger partial charge on any atom is 0.405 e. The number of urea groups is 1. The minimum absolute atomic E-state index is 0.0211. The Morgan fingerprint density at radius 3 is 2.43 bits per heavy atom. The molecule has 0 radical (unpaired) electrons. The first-order chi connectivity index (χ1) is 10.6. The van der Waals surface area contributed by atoms with Crippen molar-refractivity contribution in [3.63, 3.8) is 0 Å². The molecule has 1 rings (SSSR count). The number of hydrogen-bond acceptors (Lipinski definition) is 2. The Morgan fingerprint density at radius 2 is 1.87 bits per heavy atom. The summed E-state index contributed by atoms with van der Waals surface area (Å²) in [7, 11) is 1.77. The summed E-state index contributed by atoms with van der Waals surface area (Å²) in [4.78, 5) is 23.6. The van der Waals surface area contributed by atoms with Crippen molar-refractivity contribution in [1.82, 2.24) is 10.6 Å². The number of halogens is 3. The third kappa shape index (κ3) is 7.64. The normalized spacial score (nSPS) is 12.6. The second kappa shape index (κ2) is 7.96. The number of aryl methyl sites for hydroxylation is 2. The second-order valence-corrected chi connectivity index (χ2v) is 5.59. The largest absolute Gasteiger partial charge is 0.405 e. The summed E-state index contributed by atoms with van der Waals surface area (Å²) in [6.45, 7) is 3.04. The van der Waals surface area contributed by atoms with Gasteiger partial charge in [0.25, 0.3) is 5.91 Å². The topological polar surface area (TPSA) is 62.6 Å². The minimum Gasteiger partial charge on any atom is -0.329 e. The zero-order chi connectivity index (χ0) is 17.6. The van der Waals surface area contributed by atoms with Crippen LogP contribution < -0.4 is 15.5 Å². The van der Waals surface area contributed by atoms with Crippen molar-refractivity contribution in [2.45, 2.75) is 26.6 Å². The quantitative estimate of drug-likeness (QED) is 0.744. The second-order valence-electron chi connectivity index (χ2n) is 5.59. The van der Waals surface area contributed by atoms with E-state index in [4.69, 9.17) is 0 Å². The third-order valence-electron chi connectivity index (χ3n) is 3.15. The molecule has 0 bridgehead atoms. The molecule has 128 valence electrons. The van der Waals surface area contributed by atoms with E-state index < -0.39 is 24.7 Å². The van der Waals surface area contributed by atoms with Crippen LogP contribution in [0.3, 0.4) is 0 Å². The number of benzene rings is 1. The van der Waals surface area contributed by atoms with Crippen LogP contribution >= 0.6 is 0 Å². The van der Waals surface area contributed by atoms with E-state index in [1.165, 1.54) is 0 Å². The molecule has 23 heavy (non-hydrogen) atoms. The minimum atomic E-state index is -4.51. The van der Waals surface area contributed by atoms with E-state index in [0.29, 0.717) is 6.54 Å². The molecule has 0 aliphatic heterocycles. The molecule has 0 spiro atoms. The lowest BCUT2D eigenvalue weighted by Crippen LogP contribution is -3.09. The van der Waals surface area contributed by atoms with Crippen molar-refractivity contribution in [2.75, 3.05) is 20.1 Å². The van der Waals surface area contributed by atoms with Crippen LogP contribution in [-0.4, -0.2) is 38.3 Å². The molecule has 0 aliphatic rings. The fourth-order valence-corrected chi connectivity index (χ4v) is 2.10. The lowest BCUT2D eigenvalue weighted by molar-refractivity contribution is -0.885. The summed E-state index contributed by atoms with van der Waals surface area (Å²) in [5, 5.41) is 3.47. The van der Waals surface area contributed by atoms with E-state index in [9.17, 15) is 22.8 Å². The molecule has 0 saturated carbocycles. The molecule has 8 heteroatoms. The standard InChI is InChI=1S/C15H20F3N3O2/c1-10-4-5-12(11(2)6-10)7-21(3)8-13(22)20-14(23)19-9-15(16,17)18/h4-6H,7-9H2,1-3H3,(H2,19,20,22,23)/p+1. The van der Waals surface area contributed by atoms with E-state index in [2.05, 4.69) is 0 Å². The average Bonchev–Trinajstić information content (AvgIpc) is 2.38. The van der Waals surface area contributed by atoms with E-state index in [-0.39, 0.29) is 6.54 Å². The van der Waals surface area contributed by atoms with Crippen LogP contribution in [0.5, 0.6) is 0 Å². The van der Waals surface area contributed by atoms with E-state index in [0.717, 1.165) is 21.6 Å². The molecule has 1 aromatic rings. The summed E-state index contributed by atoms with van der Waals surface area (Å²) in [6.07, 6.45) is -4.51. The van der Waals surface area contributed by atoms with E-state index >= 15 is 0 Å². The Labute approximate surface area is 132 Å². The molecular formula is C15H21F3N3O2+. The van der Waals surface area contributed by atoms with Crippen LogP contribution in [-0.2, 0) is 11.3 Å². The predicted molar refractivity (Wildman–Crippen MR) is 79.0 cm³/mol. The molecule has 0 heterocycles. The predicted octanol–water partition coefficient (Wildman–Crippen LogP) is 0.706. The Morgan fingerprint density at radius 1 is 1.22 bits per heavy atom. The zero-order valence-corrected chi connectivity index (χ0v) is 13.3. The van der Waals surface area contributed by atoms with Gasteiger partial charge in [0.05, 0.1) is 7.05 Å². The monoisotopic (exact) mass is 332 g/mol. The molecule has 1 unspecified atom stereocenters. The lowest BCUT2D eigenvalue weighted by atomic mass is 10.1. The molecule has 5 nitrogen and oxygen atoms in total. The average molecular weight is 332 g/mol. The fourth-order valence-electron chi connectivity index (χ4n) is 2.10. The number of carbonyl (C=O) groups is 2. The zero-order valence-electron chi connectivity index (χ0n) is 13.3. The Balaban J connectivity index is 2.43. The fraction of sp³-hybridized carbons (Fsp3) is 0.467. The molecule has 3 N–H and O–H groups in total. The summed E-state index contributed by atoms with van der Waals surface area (Å²) in [5.41, 5.74) is 3.32. The number of likely N-dealkylation sites (N-methyl/N-ethyl adjacent to an activating group) is 1. The number of quaternary nitrogens is 1. The van der Waals surface area contributed by atoms with Gasteiger partial charge in [-0.15, -0.1) is 0 Å². The highest BCUT2D eigenvalue weighted by atomic mass is 19.4. The maximum atomic E-state index is 11.9. The highest BCUT2D eigenvalue weighted by Gasteiger charge is 2.28. The maximum absolute atomic E-state index is 11.9. The SMILES string of the molecule is Cc1ccc(C[NH+](C)CC(=O)NC(=O)NCC(F)(F)F)c(C)c1. The van der Waals surface area contributed by atoms with Crippen molar-refractivity contribution < 1.29 is 27.7 Å². The highest BCUT2D eigenvalue weighted by Crippen LogP contribution is 2.11. The first-order valence-corrected chi connectivity index (χ1v) is 7.08. The number of carbonyl (C=O) groups excluding carboxylic acids is 2. The van der Waals surface area contributed by atoms with Gasteiger partial charge in [-0.25, -0.2) is 4.79 Å². The summed E-state index contributed by atoms with van der Waals surface area (Å²) < 4.78 is 35.8. The lowest BCUT2D eigenvalue weighted by Gasteiger charge is -2.15. The molecule has 1 aromatic carbocycles. The van der Waals surface area contributed by atoms with Gasteiger partial charge in [0, 0.05) is 5.56 Å². The van der Waals surface area contributed by atoms with E-state index in [1.807, 2.05) is 37.4 Å². The molecule has 3 amide bonds. The number of amides is 3. The van der Waals surface area contributed by atoms with Crippen LogP contribution in [0.25, 0.3) is 0 Å². The number of hydrogen-bond donors (Lipinski definition) is 3. The van der Waals surface area contributed by atoms with Crippen molar-refractivity contribution >= 4 is 11.9 Å². The number of alkyl halides is 3. The van der Waals surface area contributed by atoms with Gasteiger partial charge in [-0.05, 0) is 19.4 Å². The number of nitrogens with one attached hydrogen (secondary N) is 3. The van der Waals surface area contributed by atoms with Gasteiger partial charge in [-0.1, -0.05) is 23.8 Å². The van der Waals surface area contributed by atoms with Gasteiger partial charge in [0.1, 0.15) is 13.1 Å². The van der Waals surface area contributed by atoms with Crippen LogP contribution in [0.4, 0.5) is 18.0 Å². The number of imide groups is 1. The van der Waals surface area contributed by atoms with Crippen LogP contribution in [0, 0.1) is 13.8 Å². The van der Waals surface area contributed by atoms with Crippen LogP contribution in [0.1, 0.15) is 16.7 Å². The van der Waals surface area contributed by atoms with Gasteiger partial charge in [0.15, 0.2) is 6.54 Å². The molecule has 0 fully saturated rings. The summed E-state index contributed by atoms with van der Waals surface area (Å²) in [6, 6.07) is 4.84. The third-order valence-corrected chi connectivity index (χ3v) is 3.15. The van der Waals surface area contributed by atoms with Gasteiger partial charge in [0.2, 0.25) is 0 Å². The van der Waals surface area contributed by atoms with Crippen molar-refractivity contribution in [3.05, 3.63) is 34.9 Å². The van der Waals surface area contributed by atoms with Crippen molar-refractivity contribution in [2.24, 2.45) is 0 Å². The van der Waals surface area contributed by atoms with Crippen LogP contribution in [0.15, 0.2) is 18.2 Å². The first kappa shape index (κ1) is 19.0. The van der Waals surface area contributed by atoms with Crippen molar-refractivity contribution in [1.29, 1.82) is 0 Å². The highest BCUT2D eigenvalue weighted by molar-refractivity contribution is 5.94. The Bertz CT molecular complexity index is 574. The molecule has 1 atom stereocenters. The van der Waals surface area contributed by atoms with Crippen molar-refractivity contribution in [3.8, 4) is 0 Å². The molecule has 0 aromatic heterocycles. The Kier molecular flexibility index (Phi) is 6.56. The smallest absolute Gasteiger partial charge is 0.329 e. The number of rotatable bonds is 5. The molecular weight excluding hydrogens is 311 g/mol. The van der Waals surface area contributed by atoms with Crippen LogP contribution in [0.2, 0.25) is 0 Å². The van der Waals surface area contributed by atoms with Gasteiger partial charge < -0.3 is 10.2 Å². The van der Waals surface area contributed by atoms with Gasteiger partial charge in [-0.2, -0.15) is 13.2 Å². The van der Waals surface area contributed by atoms with Gasteiger partial charge in [-0.3, -0.25) is 10.1 Å². The summed E-state index contributed by atoms with van der Waals surface area (Å²) in [5.74, 6) is -0.632. The van der Waals surface area contributed by atoms with E-state index in [1.54, 1.807) is 12.4 Å². The molecule has 0 saturated heterocycles.